The van der Waals surface area contributed by atoms with Gasteiger partial charge in [-0.15, -0.1) is 0 Å². The van der Waals surface area contributed by atoms with Gasteiger partial charge >= 0.3 is 5.97 Å². The van der Waals surface area contributed by atoms with Gasteiger partial charge in [-0.1, -0.05) is 20.3 Å². The molecule has 0 unspecified atom stereocenters. The van der Waals surface area contributed by atoms with E-state index >= 15 is 0 Å². The molecular weight excluding hydrogens is 270 g/mol. The summed E-state index contributed by atoms with van der Waals surface area (Å²) in [7, 11) is 0. The van der Waals surface area contributed by atoms with Crippen molar-refractivity contribution in [2.24, 2.45) is 5.92 Å². The van der Waals surface area contributed by atoms with Gasteiger partial charge in [-0.3, -0.25) is 9.48 Å². The largest absolute Gasteiger partial charge is 0.480 e. The number of carboxylic acids is 1. The van der Waals surface area contributed by atoms with Gasteiger partial charge < -0.3 is 10.4 Å². The van der Waals surface area contributed by atoms with E-state index in [0.717, 1.165) is 5.69 Å². The van der Waals surface area contributed by atoms with E-state index in [2.05, 4.69) is 10.4 Å². The zero-order valence-electron chi connectivity index (χ0n) is 13.6. The van der Waals surface area contributed by atoms with Crippen molar-refractivity contribution < 1.29 is 14.7 Å². The molecule has 0 spiro atoms. The zero-order valence-corrected chi connectivity index (χ0v) is 13.6. The third-order valence-corrected chi connectivity index (χ3v) is 3.52. The summed E-state index contributed by atoms with van der Waals surface area (Å²) in [5.41, 5.74) is 0.881. The van der Waals surface area contributed by atoms with Crippen LogP contribution >= 0.6 is 0 Å². The van der Waals surface area contributed by atoms with Gasteiger partial charge in [-0.25, -0.2) is 4.79 Å². The van der Waals surface area contributed by atoms with Crippen LogP contribution in [0.4, 0.5) is 0 Å². The Morgan fingerprint density at radius 3 is 2.38 bits per heavy atom. The maximum atomic E-state index is 12.2. The van der Waals surface area contributed by atoms with E-state index in [9.17, 15) is 14.7 Å². The summed E-state index contributed by atoms with van der Waals surface area (Å²) in [5, 5.41) is 16.1. The summed E-state index contributed by atoms with van der Waals surface area (Å²) >= 11 is 0. The van der Waals surface area contributed by atoms with Crippen LogP contribution in [-0.2, 0) is 10.3 Å². The lowest BCUT2D eigenvalue weighted by Gasteiger charge is -2.21. The molecule has 0 fully saturated rings. The van der Waals surface area contributed by atoms with E-state index in [1.807, 2.05) is 34.6 Å². The Hall–Kier alpha value is -1.85. The highest BCUT2D eigenvalue weighted by Crippen LogP contribution is 2.17. The van der Waals surface area contributed by atoms with Crippen molar-refractivity contribution in [3.05, 3.63) is 17.5 Å². The molecule has 0 aliphatic heterocycles. The van der Waals surface area contributed by atoms with Gasteiger partial charge in [0, 0.05) is 5.69 Å². The van der Waals surface area contributed by atoms with Crippen molar-refractivity contribution in [1.29, 1.82) is 0 Å². The summed E-state index contributed by atoms with van der Waals surface area (Å²) in [6.07, 6.45) is 0.673. The van der Waals surface area contributed by atoms with Crippen LogP contribution in [0.1, 0.15) is 57.2 Å². The second kappa shape index (κ2) is 6.28. The minimum absolute atomic E-state index is 0.141. The quantitative estimate of drug-likeness (QED) is 0.872. The highest BCUT2D eigenvalue weighted by molar-refractivity contribution is 5.95. The Kier molecular flexibility index (Phi) is 5.15. The normalized spacial score (nSPS) is 14.6. The molecule has 0 bridgehead atoms. The van der Waals surface area contributed by atoms with Crippen molar-refractivity contribution >= 4 is 11.9 Å². The lowest BCUT2D eigenvalue weighted by atomic mass is 9.99. The van der Waals surface area contributed by atoms with E-state index in [1.165, 1.54) is 0 Å². The SMILES string of the molecule is CC[C@H](C)[C@H](NC(=O)c1cc(C)n(C(C)(C)C)n1)C(=O)O. The van der Waals surface area contributed by atoms with Crippen LogP contribution < -0.4 is 5.32 Å². The molecule has 0 aliphatic carbocycles. The van der Waals surface area contributed by atoms with Gasteiger partial charge in [-0.2, -0.15) is 5.10 Å². The maximum Gasteiger partial charge on any atom is 0.326 e. The summed E-state index contributed by atoms with van der Waals surface area (Å²) in [5.74, 6) is -1.62. The maximum absolute atomic E-state index is 12.2. The average Bonchev–Trinajstić information content (AvgIpc) is 2.76. The highest BCUT2D eigenvalue weighted by atomic mass is 16.4. The molecule has 1 rings (SSSR count). The molecule has 1 amide bonds. The van der Waals surface area contributed by atoms with Gasteiger partial charge in [0.15, 0.2) is 0 Å². The van der Waals surface area contributed by atoms with Crippen LogP contribution in [0, 0.1) is 12.8 Å². The van der Waals surface area contributed by atoms with E-state index in [4.69, 9.17) is 0 Å². The molecule has 21 heavy (non-hydrogen) atoms. The number of aryl methyl sites for hydroxylation is 1. The lowest BCUT2D eigenvalue weighted by molar-refractivity contribution is -0.140. The number of nitrogens with one attached hydrogen (secondary N) is 1. The molecule has 2 atom stereocenters. The van der Waals surface area contributed by atoms with Gasteiger partial charge in [0.25, 0.3) is 5.91 Å². The minimum Gasteiger partial charge on any atom is -0.480 e. The number of aromatic nitrogens is 2. The second-order valence-corrected chi connectivity index (χ2v) is 6.43. The fourth-order valence-corrected chi connectivity index (χ4v) is 2.16. The van der Waals surface area contributed by atoms with Crippen LogP contribution in [0.2, 0.25) is 0 Å². The number of hydrogen-bond donors (Lipinski definition) is 2. The molecule has 1 heterocycles. The first kappa shape index (κ1) is 17.2. The highest BCUT2D eigenvalue weighted by Gasteiger charge is 2.27. The first-order valence-electron chi connectivity index (χ1n) is 7.18. The smallest absolute Gasteiger partial charge is 0.326 e. The monoisotopic (exact) mass is 295 g/mol. The molecular formula is C15H25N3O3. The topological polar surface area (TPSA) is 84.2 Å². The van der Waals surface area contributed by atoms with Gasteiger partial charge in [0.05, 0.1) is 5.54 Å². The molecule has 0 aromatic carbocycles. The van der Waals surface area contributed by atoms with Gasteiger partial charge in [0.1, 0.15) is 11.7 Å². The number of carbonyl (C=O) groups excluding carboxylic acids is 1. The molecule has 6 nitrogen and oxygen atoms in total. The summed E-state index contributed by atoms with van der Waals surface area (Å²) in [6.45, 7) is 11.6. The number of amides is 1. The molecule has 2 N–H and O–H groups in total. The van der Waals surface area contributed by atoms with Gasteiger partial charge in [0.2, 0.25) is 0 Å². The third-order valence-electron chi connectivity index (χ3n) is 3.52. The average molecular weight is 295 g/mol. The van der Waals surface area contributed by atoms with Crippen molar-refractivity contribution in [1.82, 2.24) is 15.1 Å². The molecule has 0 saturated heterocycles. The number of nitrogens with zero attached hydrogens (tertiary/aromatic N) is 2. The van der Waals surface area contributed by atoms with E-state index in [1.54, 1.807) is 17.7 Å². The van der Waals surface area contributed by atoms with Crippen LogP contribution in [0.5, 0.6) is 0 Å². The van der Waals surface area contributed by atoms with Gasteiger partial charge in [-0.05, 0) is 39.7 Å². The number of hydrogen-bond acceptors (Lipinski definition) is 3. The first-order valence-corrected chi connectivity index (χ1v) is 7.18. The Morgan fingerprint density at radius 1 is 1.43 bits per heavy atom. The van der Waals surface area contributed by atoms with E-state index in [-0.39, 0.29) is 17.2 Å². The lowest BCUT2D eigenvalue weighted by Crippen LogP contribution is -2.45. The van der Waals surface area contributed by atoms with Crippen molar-refractivity contribution in [2.75, 3.05) is 0 Å². The molecule has 0 saturated carbocycles. The van der Waals surface area contributed by atoms with Crippen LogP contribution in [0.25, 0.3) is 0 Å². The molecule has 1 aromatic heterocycles. The van der Waals surface area contributed by atoms with Crippen LogP contribution in [0.3, 0.4) is 0 Å². The predicted octanol–water partition coefficient (Wildman–Crippen LogP) is 2.18. The van der Waals surface area contributed by atoms with Crippen molar-refractivity contribution in [3.63, 3.8) is 0 Å². The number of aliphatic carboxylic acids is 1. The molecule has 0 radical (unpaired) electrons. The molecule has 1 aromatic rings. The fraction of sp³-hybridized carbons (Fsp3) is 0.667. The Labute approximate surface area is 125 Å². The minimum atomic E-state index is -1.02. The van der Waals surface area contributed by atoms with Crippen LogP contribution in [-0.4, -0.2) is 32.8 Å². The second-order valence-electron chi connectivity index (χ2n) is 6.43. The Morgan fingerprint density at radius 2 is 2.00 bits per heavy atom. The fourth-order valence-electron chi connectivity index (χ4n) is 2.16. The summed E-state index contributed by atoms with van der Waals surface area (Å²) < 4.78 is 1.76. The van der Waals surface area contributed by atoms with E-state index < -0.39 is 17.9 Å². The molecule has 118 valence electrons. The molecule has 6 heteroatoms. The first-order chi connectivity index (χ1) is 9.57. The standard InChI is InChI=1S/C15H25N3O3/c1-7-9(2)12(14(20)21)16-13(19)11-8-10(3)18(17-11)15(4,5)6/h8-9,12H,7H2,1-6H3,(H,16,19)(H,20,21)/t9-,12-/m0/s1. The zero-order chi connectivity index (χ0) is 16.4. The van der Waals surface area contributed by atoms with Crippen molar-refractivity contribution in [3.8, 4) is 0 Å². The Balaban J connectivity index is 2.97. The van der Waals surface area contributed by atoms with Crippen molar-refractivity contribution in [2.45, 2.75) is 59.5 Å². The number of carboxylic acid groups (broad SMARTS) is 1. The molecule has 0 aliphatic rings. The van der Waals surface area contributed by atoms with Crippen LogP contribution in [0.15, 0.2) is 6.07 Å². The Bertz CT molecular complexity index is 529. The predicted molar refractivity (Wildman–Crippen MR) is 80.3 cm³/mol. The third kappa shape index (κ3) is 4.06. The number of carbonyl (C=O) groups is 2. The number of rotatable bonds is 5. The summed E-state index contributed by atoms with van der Waals surface area (Å²) in [6, 6.07) is 0.776. The summed E-state index contributed by atoms with van der Waals surface area (Å²) in [4.78, 5) is 23.5. The van der Waals surface area contributed by atoms with E-state index in [0.29, 0.717) is 6.42 Å².